The maximum Gasteiger partial charge on any atom is 0.0773 e. The van der Waals surface area contributed by atoms with Crippen LogP contribution in [0, 0.1) is 0 Å². The molecule has 0 amide bonds. The van der Waals surface area contributed by atoms with Gasteiger partial charge < -0.3 is 9.84 Å². The molecule has 0 aromatic heterocycles. The molecule has 0 radical (unpaired) electrons. The van der Waals surface area contributed by atoms with Crippen LogP contribution in [0.1, 0.15) is 32.6 Å². The number of ether oxygens (including phenoxy) is 1. The second kappa shape index (κ2) is 9.30. The molecule has 0 heterocycles. The second-order valence-corrected chi connectivity index (χ2v) is 3.23. The zero-order valence-electron chi connectivity index (χ0n) is 7.76. The Morgan fingerprint density at radius 1 is 1.33 bits per heavy atom. The van der Waals surface area contributed by atoms with Gasteiger partial charge in [0.15, 0.2) is 0 Å². The van der Waals surface area contributed by atoms with Gasteiger partial charge in [0.05, 0.1) is 12.7 Å². The molecule has 1 N–H and O–H groups in total. The van der Waals surface area contributed by atoms with Gasteiger partial charge in [-0.05, 0) is 19.8 Å². The summed E-state index contributed by atoms with van der Waals surface area (Å²) in [5.41, 5.74) is 0. The number of rotatable bonds is 8. The average Bonchev–Trinajstić information content (AvgIpc) is 2.09. The molecule has 0 fully saturated rings. The number of hydrogen-bond donors (Lipinski definition) is 1. The lowest BCUT2D eigenvalue weighted by Crippen LogP contribution is -2.14. The zero-order valence-corrected chi connectivity index (χ0v) is 8.52. The van der Waals surface area contributed by atoms with E-state index in [4.69, 9.17) is 16.3 Å². The summed E-state index contributed by atoms with van der Waals surface area (Å²) in [4.78, 5) is 0. The third-order valence-electron chi connectivity index (χ3n) is 1.69. The van der Waals surface area contributed by atoms with Crippen LogP contribution < -0.4 is 0 Å². The minimum absolute atomic E-state index is 0.291. The molecule has 0 bridgehead atoms. The number of aliphatic hydroxyl groups excluding tert-OH is 1. The van der Waals surface area contributed by atoms with E-state index in [-0.39, 0.29) is 6.10 Å². The van der Waals surface area contributed by atoms with Crippen molar-refractivity contribution in [1.29, 1.82) is 0 Å². The Labute approximate surface area is 79.9 Å². The first-order chi connectivity index (χ1) is 5.81. The molecule has 2 nitrogen and oxygen atoms in total. The van der Waals surface area contributed by atoms with Gasteiger partial charge in [-0.25, -0.2) is 0 Å². The van der Waals surface area contributed by atoms with Crippen LogP contribution in [0.25, 0.3) is 0 Å². The smallest absolute Gasteiger partial charge is 0.0773 e. The molecule has 1 atom stereocenters. The van der Waals surface area contributed by atoms with Gasteiger partial charge in [-0.15, -0.1) is 11.6 Å². The van der Waals surface area contributed by atoms with E-state index in [0.717, 1.165) is 31.6 Å². The van der Waals surface area contributed by atoms with Crippen LogP contribution in [-0.2, 0) is 4.74 Å². The lowest BCUT2D eigenvalue weighted by Gasteiger charge is -2.09. The van der Waals surface area contributed by atoms with Gasteiger partial charge in [0.1, 0.15) is 0 Å². The maximum atomic E-state index is 9.32. The van der Waals surface area contributed by atoms with Crippen molar-refractivity contribution in [2.24, 2.45) is 0 Å². The molecule has 74 valence electrons. The van der Waals surface area contributed by atoms with Crippen molar-refractivity contribution in [3.8, 4) is 0 Å². The van der Waals surface area contributed by atoms with E-state index in [1.807, 2.05) is 6.92 Å². The van der Waals surface area contributed by atoms with E-state index in [1.165, 1.54) is 0 Å². The molecule has 0 rings (SSSR count). The summed E-state index contributed by atoms with van der Waals surface area (Å²) in [5, 5.41) is 9.32. The third kappa shape index (κ3) is 8.31. The standard InChI is InChI=1S/C9H19ClO2/c1-2-12-8-9(11)6-4-3-5-7-10/h9,11H,2-8H2,1H3. The summed E-state index contributed by atoms with van der Waals surface area (Å²) >= 11 is 5.51. The fourth-order valence-corrected chi connectivity index (χ4v) is 1.18. The van der Waals surface area contributed by atoms with E-state index in [2.05, 4.69) is 0 Å². The summed E-state index contributed by atoms with van der Waals surface area (Å²) < 4.78 is 5.08. The quantitative estimate of drug-likeness (QED) is 0.474. The summed E-state index contributed by atoms with van der Waals surface area (Å²) in [6.07, 6.45) is 3.73. The average molecular weight is 195 g/mol. The molecule has 0 aromatic carbocycles. The van der Waals surface area contributed by atoms with Crippen molar-refractivity contribution < 1.29 is 9.84 Å². The van der Waals surface area contributed by atoms with Gasteiger partial charge in [0.25, 0.3) is 0 Å². The minimum atomic E-state index is -0.291. The van der Waals surface area contributed by atoms with Crippen molar-refractivity contribution in [2.45, 2.75) is 38.7 Å². The molecule has 3 heteroatoms. The molecule has 0 saturated heterocycles. The molecule has 0 saturated carbocycles. The number of alkyl halides is 1. The Morgan fingerprint density at radius 3 is 2.67 bits per heavy atom. The van der Waals surface area contributed by atoms with Gasteiger partial charge in [0, 0.05) is 12.5 Å². The highest BCUT2D eigenvalue weighted by molar-refractivity contribution is 6.17. The van der Waals surface area contributed by atoms with Crippen molar-refractivity contribution >= 4 is 11.6 Å². The van der Waals surface area contributed by atoms with Crippen LogP contribution >= 0.6 is 11.6 Å². The van der Waals surface area contributed by atoms with Gasteiger partial charge in [-0.1, -0.05) is 12.8 Å². The first kappa shape index (κ1) is 12.2. The predicted octanol–water partition coefficient (Wildman–Crippen LogP) is 2.18. The normalized spacial score (nSPS) is 13.2. The molecule has 0 aliphatic rings. The first-order valence-electron chi connectivity index (χ1n) is 4.63. The molecule has 0 aliphatic heterocycles. The predicted molar refractivity (Wildman–Crippen MR) is 51.7 cm³/mol. The second-order valence-electron chi connectivity index (χ2n) is 2.85. The Hall–Kier alpha value is 0.210. The van der Waals surface area contributed by atoms with Crippen LogP contribution in [0.15, 0.2) is 0 Å². The van der Waals surface area contributed by atoms with Gasteiger partial charge >= 0.3 is 0 Å². The van der Waals surface area contributed by atoms with Crippen LogP contribution in [0.3, 0.4) is 0 Å². The van der Waals surface area contributed by atoms with Crippen molar-refractivity contribution in [2.75, 3.05) is 19.1 Å². The molecule has 0 spiro atoms. The third-order valence-corrected chi connectivity index (χ3v) is 1.95. The molecule has 0 aromatic rings. The van der Waals surface area contributed by atoms with Crippen LogP contribution in [0.4, 0.5) is 0 Å². The van der Waals surface area contributed by atoms with Gasteiger partial charge in [0.2, 0.25) is 0 Å². The lowest BCUT2D eigenvalue weighted by atomic mass is 10.1. The Bertz CT molecular complexity index is 88.6. The Morgan fingerprint density at radius 2 is 2.08 bits per heavy atom. The van der Waals surface area contributed by atoms with Crippen molar-refractivity contribution in [3.05, 3.63) is 0 Å². The van der Waals surface area contributed by atoms with Crippen LogP contribution in [0.5, 0.6) is 0 Å². The highest BCUT2D eigenvalue weighted by atomic mass is 35.5. The number of hydrogen-bond acceptors (Lipinski definition) is 2. The number of halogens is 1. The lowest BCUT2D eigenvalue weighted by molar-refractivity contribution is 0.0369. The number of unbranched alkanes of at least 4 members (excludes halogenated alkanes) is 2. The van der Waals surface area contributed by atoms with Crippen LogP contribution in [-0.4, -0.2) is 30.3 Å². The molecule has 1 unspecified atom stereocenters. The fourth-order valence-electron chi connectivity index (χ4n) is 0.988. The molecule has 0 aliphatic carbocycles. The summed E-state index contributed by atoms with van der Waals surface area (Å²) in [7, 11) is 0. The van der Waals surface area contributed by atoms with E-state index >= 15 is 0 Å². The highest BCUT2D eigenvalue weighted by Crippen LogP contribution is 2.04. The van der Waals surface area contributed by atoms with Crippen molar-refractivity contribution in [3.63, 3.8) is 0 Å². The zero-order chi connectivity index (χ0) is 9.23. The molecular weight excluding hydrogens is 176 g/mol. The van der Waals surface area contributed by atoms with Crippen molar-refractivity contribution in [1.82, 2.24) is 0 Å². The van der Waals surface area contributed by atoms with E-state index < -0.39 is 0 Å². The number of aliphatic hydroxyl groups is 1. The van der Waals surface area contributed by atoms with Gasteiger partial charge in [-0.3, -0.25) is 0 Å². The topological polar surface area (TPSA) is 29.5 Å². The van der Waals surface area contributed by atoms with E-state index in [9.17, 15) is 5.11 Å². The summed E-state index contributed by atoms with van der Waals surface area (Å²) in [6.45, 7) is 3.08. The summed E-state index contributed by atoms with van der Waals surface area (Å²) in [5.74, 6) is 0.724. The first-order valence-corrected chi connectivity index (χ1v) is 5.16. The highest BCUT2D eigenvalue weighted by Gasteiger charge is 2.02. The van der Waals surface area contributed by atoms with Crippen LogP contribution in [0.2, 0.25) is 0 Å². The minimum Gasteiger partial charge on any atom is -0.391 e. The largest absolute Gasteiger partial charge is 0.391 e. The SMILES string of the molecule is CCOCC(O)CCCCCCl. The maximum absolute atomic E-state index is 9.32. The fraction of sp³-hybridized carbons (Fsp3) is 1.00. The Balaban J connectivity index is 3.02. The van der Waals surface area contributed by atoms with E-state index in [1.54, 1.807) is 0 Å². The Kier molecular flexibility index (Phi) is 9.46. The molecular formula is C9H19ClO2. The van der Waals surface area contributed by atoms with Gasteiger partial charge in [-0.2, -0.15) is 0 Å². The monoisotopic (exact) mass is 194 g/mol. The van der Waals surface area contributed by atoms with E-state index in [0.29, 0.717) is 13.2 Å². The summed E-state index contributed by atoms with van der Waals surface area (Å²) in [6, 6.07) is 0. The molecule has 12 heavy (non-hydrogen) atoms.